The van der Waals surface area contributed by atoms with Crippen LogP contribution in [0.3, 0.4) is 0 Å². The Morgan fingerprint density at radius 2 is 2.12 bits per heavy atom. The normalized spacial score (nSPS) is 26.3. The van der Waals surface area contributed by atoms with Gasteiger partial charge in [0.25, 0.3) is 5.91 Å². The highest BCUT2D eigenvalue weighted by atomic mass is 16.5. The Kier molecular flexibility index (Phi) is 4.75. The van der Waals surface area contributed by atoms with Gasteiger partial charge in [-0.1, -0.05) is 6.92 Å². The highest BCUT2D eigenvalue weighted by molar-refractivity contribution is 5.93. The lowest BCUT2D eigenvalue weighted by Crippen LogP contribution is -2.58. The van der Waals surface area contributed by atoms with E-state index in [9.17, 15) is 4.79 Å². The van der Waals surface area contributed by atoms with Gasteiger partial charge in [0.1, 0.15) is 0 Å². The summed E-state index contributed by atoms with van der Waals surface area (Å²) in [5.41, 5.74) is 4.96. The van der Waals surface area contributed by atoms with Gasteiger partial charge in [-0.2, -0.15) is 0 Å². The lowest BCUT2D eigenvalue weighted by atomic mass is 9.59. The number of amides is 1. The lowest BCUT2D eigenvalue weighted by molar-refractivity contribution is -0.0611. The van der Waals surface area contributed by atoms with Gasteiger partial charge in [-0.15, -0.1) is 0 Å². The Morgan fingerprint density at radius 3 is 2.77 bits per heavy atom. The van der Waals surface area contributed by atoms with Crippen molar-refractivity contribution < 1.29 is 10.0 Å². The average Bonchev–Trinajstić information content (AvgIpc) is 2.65. The van der Waals surface area contributed by atoms with E-state index in [1.165, 1.54) is 38.8 Å². The molecule has 0 unspecified atom stereocenters. The van der Waals surface area contributed by atoms with Crippen LogP contribution in [-0.2, 0) is 13.0 Å². The summed E-state index contributed by atoms with van der Waals surface area (Å²) in [6, 6.07) is 3.10. The molecular formula is C20H30N4O2. The first-order valence-corrected chi connectivity index (χ1v) is 9.90. The zero-order valence-electron chi connectivity index (χ0n) is 15.9. The molecule has 0 aromatic carbocycles. The fourth-order valence-corrected chi connectivity index (χ4v) is 5.20. The minimum atomic E-state index is -0.488. The second kappa shape index (κ2) is 6.91. The number of nitrogens with one attached hydrogen (secondary N) is 1. The van der Waals surface area contributed by atoms with Crippen LogP contribution in [0.2, 0.25) is 0 Å². The number of nitrogens with zero attached hydrogens (tertiary/aromatic N) is 3. The highest BCUT2D eigenvalue weighted by Gasteiger charge is 2.49. The second-order valence-corrected chi connectivity index (χ2v) is 8.57. The zero-order chi connectivity index (χ0) is 18.3. The Bertz CT molecular complexity index is 676. The van der Waals surface area contributed by atoms with Gasteiger partial charge < -0.3 is 4.90 Å². The maximum Gasteiger partial charge on any atom is 0.276 e. The zero-order valence-corrected chi connectivity index (χ0v) is 15.9. The molecule has 1 amide bonds. The molecule has 6 nitrogen and oxygen atoms in total. The fraction of sp³-hybridized carbons (Fsp3) is 0.700. The van der Waals surface area contributed by atoms with Crippen molar-refractivity contribution in [3.63, 3.8) is 0 Å². The average molecular weight is 358 g/mol. The van der Waals surface area contributed by atoms with Crippen LogP contribution < -0.4 is 5.48 Å². The number of likely N-dealkylation sites (tertiary alicyclic amines) is 1. The molecule has 1 aromatic rings. The molecule has 2 N–H and O–H groups in total. The molecule has 2 fully saturated rings. The summed E-state index contributed by atoms with van der Waals surface area (Å²) in [6.07, 6.45) is 8.97. The molecule has 6 heteroatoms. The summed E-state index contributed by atoms with van der Waals surface area (Å²) in [7, 11) is 2.23. The number of carbonyl (C=O) groups excluding carboxylic acids is 1. The molecule has 1 saturated carbocycles. The third-order valence-corrected chi connectivity index (χ3v) is 7.00. The maximum absolute atomic E-state index is 11.7. The van der Waals surface area contributed by atoms with E-state index in [1.807, 2.05) is 6.07 Å². The molecule has 142 valence electrons. The predicted octanol–water partition coefficient (Wildman–Crippen LogP) is 2.21. The fourth-order valence-electron chi connectivity index (χ4n) is 5.20. The van der Waals surface area contributed by atoms with Crippen LogP contribution in [0.25, 0.3) is 0 Å². The van der Waals surface area contributed by atoms with E-state index in [0.717, 1.165) is 30.6 Å². The molecule has 1 aliphatic carbocycles. The summed E-state index contributed by atoms with van der Waals surface area (Å²) in [5, 5.41) is 8.88. The number of carbonyl (C=O) groups is 1. The Morgan fingerprint density at radius 1 is 1.38 bits per heavy atom. The van der Waals surface area contributed by atoms with Crippen LogP contribution in [0.4, 0.5) is 0 Å². The van der Waals surface area contributed by atoms with Crippen LogP contribution in [0.5, 0.6) is 0 Å². The van der Waals surface area contributed by atoms with Crippen LogP contribution in [0.1, 0.15) is 60.6 Å². The number of fused-ring (bicyclic) bond motifs is 1. The molecule has 1 saturated heterocycles. The van der Waals surface area contributed by atoms with Gasteiger partial charge in [0, 0.05) is 36.9 Å². The first kappa shape index (κ1) is 17.9. The summed E-state index contributed by atoms with van der Waals surface area (Å²) in [4.78, 5) is 21.3. The number of pyridine rings is 1. The molecule has 3 aliphatic rings. The smallest absolute Gasteiger partial charge is 0.276 e. The molecular weight excluding hydrogens is 328 g/mol. The molecule has 0 bridgehead atoms. The van der Waals surface area contributed by atoms with Gasteiger partial charge in [0.05, 0.1) is 5.56 Å². The summed E-state index contributed by atoms with van der Waals surface area (Å²) in [6.45, 7) is 5.60. The number of hydroxylamine groups is 1. The van der Waals surface area contributed by atoms with E-state index in [1.54, 1.807) is 11.7 Å². The van der Waals surface area contributed by atoms with E-state index < -0.39 is 5.91 Å². The van der Waals surface area contributed by atoms with Gasteiger partial charge >= 0.3 is 0 Å². The van der Waals surface area contributed by atoms with Crippen molar-refractivity contribution in [2.75, 3.05) is 20.1 Å². The third-order valence-electron chi connectivity index (χ3n) is 7.00. The standard InChI is InChI=1S/C20H30N4O2/c1-3-16-9-18-15(8-14(12-21-18)19(25)22-26)13-24(16)17-10-20(11-17)4-6-23(2)7-5-20/h8,12,16-17,26H,3-7,9-11,13H2,1-2H3,(H,22,25)/t16-/m1/s1. The van der Waals surface area contributed by atoms with E-state index in [-0.39, 0.29) is 0 Å². The van der Waals surface area contributed by atoms with Crippen molar-refractivity contribution in [2.24, 2.45) is 5.41 Å². The molecule has 26 heavy (non-hydrogen) atoms. The van der Waals surface area contributed by atoms with Gasteiger partial charge in [-0.05, 0) is 69.3 Å². The van der Waals surface area contributed by atoms with E-state index in [0.29, 0.717) is 23.1 Å². The number of aromatic nitrogens is 1. The van der Waals surface area contributed by atoms with Crippen molar-refractivity contribution in [3.05, 3.63) is 29.1 Å². The largest absolute Gasteiger partial charge is 0.306 e. The Balaban J connectivity index is 1.48. The van der Waals surface area contributed by atoms with Gasteiger partial charge in [0.2, 0.25) is 0 Å². The van der Waals surface area contributed by atoms with Crippen molar-refractivity contribution in [3.8, 4) is 0 Å². The topological polar surface area (TPSA) is 68.7 Å². The monoisotopic (exact) mass is 358 g/mol. The number of piperidine rings is 1. The summed E-state index contributed by atoms with van der Waals surface area (Å²) < 4.78 is 0. The SMILES string of the molecule is CC[C@@H]1Cc2ncc(C(=O)NO)cc2CN1C1CC2(CCN(C)CC2)C1. The number of rotatable bonds is 3. The van der Waals surface area contributed by atoms with Crippen molar-refractivity contribution in [1.29, 1.82) is 0 Å². The van der Waals surface area contributed by atoms with Crippen LogP contribution in [0.15, 0.2) is 12.3 Å². The molecule has 1 atom stereocenters. The lowest BCUT2D eigenvalue weighted by Gasteiger charge is -2.57. The minimum absolute atomic E-state index is 0.432. The first-order valence-electron chi connectivity index (χ1n) is 9.90. The van der Waals surface area contributed by atoms with Crippen molar-refractivity contribution in [1.82, 2.24) is 20.3 Å². The Hall–Kier alpha value is -1.50. The predicted molar refractivity (Wildman–Crippen MR) is 99.0 cm³/mol. The van der Waals surface area contributed by atoms with Crippen LogP contribution in [-0.4, -0.2) is 58.1 Å². The maximum atomic E-state index is 11.7. The van der Waals surface area contributed by atoms with Crippen molar-refractivity contribution in [2.45, 2.75) is 64.1 Å². The summed E-state index contributed by atoms with van der Waals surface area (Å²) >= 11 is 0. The molecule has 2 aliphatic heterocycles. The molecule has 0 radical (unpaired) electrons. The molecule has 3 heterocycles. The van der Waals surface area contributed by atoms with E-state index >= 15 is 0 Å². The van der Waals surface area contributed by atoms with Gasteiger partial charge in [-0.3, -0.25) is 19.9 Å². The first-order chi connectivity index (χ1) is 12.5. The van der Waals surface area contributed by atoms with Crippen molar-refractivity contribution >= 4 is 5.91 Å². The quantitative estimate of drug-likeness (QED) is 0.640. The Labute approximate surface area is 155 Å². The number of hydrogen-bond donors (Lipinski definition) is 2. The van der Waals surface area contributed by atoms with Gasteiger partial charge in [-0.25, -0.2) is 5.48 Å². The minimum Gasteiger partial charge on any atom is -0.306 e. The third kappa shape index (κ3) is 3.15. The van der Waals surface area contributed by atoms with E-state index in [2.05, 4.69) is 28.8 Å². The van der Waals surface area contributed by atoms with E-state index in [4.69, 9.17) is 5.21 Å². The summed E-state index contributed by atoms with van der Waals surface area (Å²) in [5.74, 6) is -0.488. The van der Waals surface area contributed by atoms with Crippen LogP contribution in [0, 0.1) is 5.41 Å². The van der Waals surface area contributed by atoms with Gasteiger partial charge in [0.15, 0.2) is 0 Å². The highest BCUT2D eigenvalue weighted by Crippen LogP contribution is 2.52. The molecule has 4 rings (SSSR count). The molecule has 1 spiro atoms. The molecule has 1 aromatic heterocycles. The second-order valence-electron chi connectivity index (χ2n) is 8.57. The number of hydrogen-bond acceptors (Lipinski definition) is 5. The van der Waals surface area contributed by atoms with Crippen LogP contribution >= 0.6 is 0 Å².